The van der Waals surface area contributed by atoms with E-state index in [1.807, 2.05) is 0 Å². The van der Waals surface area contributed by atoms with Crippen LogP contribution in [0.2, 0.25) is 0 Å². The summed E-state index contributed by atoms with van der Waals surface area (Å²) in [6.45, 7) is 1.56. The van der Waals surface area contributed by atoms with E-state index in [1.54, 1.807) is 6.92 Å². The van der Waals surface area contributed by atoms with E-state index in [2.05, 4.69) is 4.72 Å². The molecule has 0 fully saturated rings. The van der Waals surface area contributed by atoms with Gasteiger partial charge in [0.1, 0.15) is 0 Å². The summed E-state index contributed by atoms with van der Waals surface area (Å²) < 4.78 is 36.5. The molecule has 1 aromatic rings. The molecule has 0 amide bonds. The quantitative estimate of drug-likeness (QED) is 0.455. The van der Waals surface area contributed by atoms with E-state index in [9.17, 15) is 18.5 Å². The van der Waals surface area contributed by atoms with Crippen molar-refractivity contribution in [2.45, 2.75) is 24.2 Å². The van der Waals surface area contributed by atoms with Crippen molar-refractivity contribution in [2.75, 3.05) is 14.2 Å². The van der Waals surface area contributed by atoms with Gasteiger partial charge in [-0.2, -0.15) is 0 Å². The number of hydrogen-bond donors (Lipinski definition) is 1. The van der Waals surface area contributed by atoms with E-state index < -0.39 is 27.3 Å². The zero-order valence-corrected chi connectivity index (χ0v) is 12.1. The van der Waals surface area contributed by atoms with Crippen LogP contribution in [-0.4, -0.2) is 39.9 Å². The number of hydrogen-bond acceptors (Lipinski definition) is 6. The van der Waals surface area contributed by atoms with Crippen molar-refractivity contribution in [1.29, 1.82) is 0 Å². The highest BCUT2D eigenvalue weighted by atomic mass is 32.2. The van der Waals surface area contributed by atoms with Crippen molar-refractivity contribution in [2.24, 2.45) is 0 Å². The highest BCUT2D eigenvalue weighted by molar-refractivity contribution is 7.89. The largest absolute Gasteiger partial charge is 0.354 e. The highest BCUT2D eigenvalue weighted by Gasteiger charge is 2.24. The molecule has 0 aliphatic carbocycles. The van der Waals surface area contributed by atoms with Gasteiger partial charge < -0.3 is 9.47 Å². The Kier molecular flexibility index (Phi) is 5.57. The molecule has 0 heterocycles. The van der Waals surface area contributed by atoms with Gasteiger partial charge in [-0.25, -0.2) is 13.1 Å². The number of nitro groups is 1. The first-order valence-corrected chi connectivity index (χ1v) is 7.12. The topological polar surface area (TPSA) is 108 Å². The Morgan fingerprint density at radius 3 is 2.40 bits per heavy atom. The Morgan fingerprint density at radius 1 is 1.30 bits per heavy atom. The van der Waals surface area contributed by atoms with E-state index in [1.165, 1.54) is 32.4 Å². The lowest BCUT2D eigenvalue weighted by Crippen LogP contribution is -2.42. The molecule has 1 atom stereocenters. The molecule has 0 aromatic heterocycles. The molecule has 9 heteroatoms. The third kappa shape index (κ3) is 3.97. The minimum atomic E-state index is -3.90. The van der Waals surface area contributed by atoms with Crippen LogP contribution < -0.4 is 4.72 Å². The zero-order chi connectivity index (χ0) is 15.3. The average Bonchev–Trinajstić information content (AvgIpc) is 2.39. The molecular weight excluding hydrogens is 288 g/mol. The molecule has 1 rings (SSSR count). The molecule has 8 nitrogen and oxygen atoms in total. The molecule has 20 heavy (non-hydrogen) atoms. The fourth-order valence-electron chi connectivity index (χ4n) is 1.64. The first-order chi connectivity index (χ1) is 9.31. The molecule has 1 N–H and O–H groups in total. The van der Waals surface area contributed by atoms with Gasteiger partial charge in [-0.1, -0.05) is 6.07 Å². The lowest BCUT2D eigenvalue weighted by Gasteiger charge is -2.21. The van der Waals surface area contributed by atoms with E-state index in [0.29, 0.717) is 0 Å². The summed E-state index contributed by atoms with van der Waals surface area (Å²) in [5, 5.41) is 10.7. The maximum absolute atomic E-state index is 12.1. The summed E-state index contributed by atoms with van der Waals surface area (Å²) in [5.41, 5.74) is -0.296. The van der Waals surface area contributed by atoms with Crippen molar-refractivity contribution >= 4 is 15.7 Å². The second kappa shape index (κ2) is 6.75. The van der Waals surface area contributed by atoms with Crippen LogP contribution in [0.5, 0.6) is 0 Å². The molecule has 112 valence electrons. The van der Waals surface area contributed by atoms with Crippen LogP contribution in [0.4, 0.5) is 5.69 Å². The number of nitro benzene ring substituents is 1. The molecule has 0 aliphatic heterocycles. The number of nitrogens with zero attached hydrogens (tertiary/aromatic N) is 1. The highest BCUT2D eigenvalue weighted by Crippen LogP contribution is 2.17. The number of non-ortho nitro benzene ring substituents is 1. The minimum Gasteiger partial charge on any atom is -0.354 e. The first kappa shape index (κ1) is 16.5. The molecule has 0 spiro atoms. The summed E-state index contributed by atoms with van der Waals surface area (Å²) in [4.78, 5) is 9.81. The Hall–Kier alpha value is -1.55. The van der Waals surface area contributed by atoms with Crippen LogP contribution in [0.25, 0.3) is 0 Å². The van der Waals surface area contributed by atoms with Crippen LogP contribution in [0.1, 0.15) is 6.92 Å². The molecule has 0 bridgehead atoms. The lowest BCUT2D eigenvalue weighted by atomic mass is 10.3. The number of rotatable bonds is 7. The van der Waals surface area contributed by atoms with Crippen LogP contribution in [0.3, 0.4) is 0 Å². The second-order valence-corrected chi connectivity index (χ2v) is 5.72. The van der Waals surface area contributed by atoms with E-state index >= 15 is 0 Å². The van der Waals surface area contributed by atoms with Crippen LogP contribution >= 0.6 is 0 Å². The molecule has 0 radical (unpaired) electrons. The molecule has 0 aliphatic rings. The monoisotopic (exact) mass is 304 g/mol. The molecular formula is C11H16N2O6S. The van der Waals surface area contributed by atoms with E-state index in [-0.39, 0.29) is 10.6 Å². The number of nitrogens with one attached hydrogen (secondary N) is 1. The smallest absolute Gasteiger partial charge is 0.270 e. The SMILES string of the molecule is COC(OC)C(C)NS(=O)(=O)c1cccc([N+](=O)[O-])c1. The normalized spacial score (nSPS) is 13.4. The number of benzene rings is 1. The van der Waals surface area contributed by atoms with Gasteiger partial charge in [0, 0.05) is 26.4 Å². The predicted octanol–water partition coefficient (Wildman–Crippen LogP) is 0.880. The van der Waals surface area contributed by atoms with Gasteiger partial charge in [-0.3, -0.25) is 10.1 Å². The maximum Gasteiger partial charge on any atom is 0.270 e. The van der Waals surface area contributed by atoms with Crippen molar-refractivity contribution in [3.8, 4) is 0 Å². The van der Waals surface area contributed by atoms with Gasteiger partial charge in [0.05, 0.1) is 15.9 Å². The summed E-state index contributed by atoms with van der Waals surface area (Å²) in [6, 6.07) is 4.13. The second-order valence-electron chi connectivity index (χ2n) is 4.00. The Balaban J connectivity index is 2.99. The molecule has 1 aromatic carbocycles. The Labute approximate surface area is 116 Å². The van der Waals surface area contributed by atoms with Crippen molar-refractivity contribution in [1.82, 2.24) is 4.72 Å². The minimum absolute atomic E-state index is 0.190. The summed E-state index contributed by atoms with van der Waals surface area (Å²) in [5.74, 6) is 0. The Bertz CT molecular complexity index is 570. The standard InChI is InChI=1S/C11H16N2O6S/c1-8(11(18-2)19-3)12-20(16,17)10-6-4-5-9(7-10)13(14)15/h4-8,11-12H,1-3H3. The van der Waals surface area contributed by atoms with Crippen molar-refractivity contribution < 1.29 is 22.8 Å². The zero-order valence-electron chi connectivity index (χ0n) is 11.3. The maximum atomic E-state index is 12.1. The molecule has 0 saturated carbocycles. The van der Waals surface area contributed by atoms with Gasteiger partial charge in [-0.05, 0) is 13.0 Å². The van der Waals surface area contributed by atoms with Gasteiger partial charge >= 0.3 is 0 Å². The number of ether oxygens (including phenoxy) is 2. The van der Waals surface area contributed by atoms with Gasteiger partial charge in [-0.15, -0.1) is 0 Å². The summed E-state index contributed by atoms with van der Waals surface area (Å²) in [6.07, 6.45) is -0.761. The fraction of sp³-hybridized carbons (Fsp3) is 0.455. The van der Waals surface area contributed by atoms with E-state index in [4.69, 9.17) is 9.47 Å². The predicted molar refractivity (Wildman–Crippen MR) is 70.7 cm³/mol. The van der Waals surface area contributed by atoms with Crippen molar-refractivity contribution in [3.05, 3.63) is 34.4 Å². The van der Waals surface area contributed by atoms with E-state index in [0.717, 1.165) is 6.07 Å². The van der Waals surface area contributed by atoms with Crippen molar-refractivity contribution in [3.63, 3.8) is 0 Å². The molecule has 0 saturated heterocycles. The Morgan fingerprint density at radius 2 is 1.90 bits per heavy atom. The average molecular weight is 304 g/mol. The van der Waals surface area contributed by atoms with Gasteiger partial charge in [0.2, 0.25) is 10.0 Å². The van der Waals surface area contributed by atoms with Crippen LogP contribution in [0, 0.1) is 10.1 Å². The number of methoxy groups -OCH3 is 2. The summed E-state index contributed by atoms with van der Waals surface area (Å²) in [7, 11) is -1.13. The van der Waals surface area contributed by atoms with Gasteiger partial charge in [0.15, 0.2) is 6.29 Å². The molecule has 1 unspecified atom stereocenters. The van der Waals surface area contributed by atoms with Crippen LogP contribution in [-0.2, 0) is 19.5 Å². The first-order valence-electron chi connectivity index (χ1n) is 5.64. The third-order valence-electron chi connectivity index (χ3n) is 2.55. The fourth-order valence-corrected chi connectivity index (χ4v) is 2.91. The summed E-state index contributed by atoms with van der Waals surface area (Å²) >= 11 is 0. The lowest BCUT2D eigenvalue weighted by molar-refractivity contribution is -0.385. The van der Waals surface area contributed by atoms with Gasteiger partial charge in [0.25, 0.3) is 5.69 Å². The third-order valence-corrected chi connectivity index (χ3v) is 4.11. The van der Waals surface area contributed by atoms with Crippen LogP contribution in [0.15, 0.2) is 29.2 Å². The number of sulfonamides is 1.